The van der Waals surface area contributed by atoms with E-state index in [0.717, 1.165) is 25.7 Å². The van der Waals surface area contributed by atoms with Crippen LogP contribution in [-0.2, 0) is 14.6 Å². The van der Waals surface area contributed by atoms with Gasteiger partial charge in [0.05, 0.1) is 17.0 Å². The highest BCUT2D eigenvalue weighted by Crippen LogP contribution is 2.37. The van der Waals surface area contributed by atoms with E-state index in [1.54, 1.807) is 0 Å². The van der Waals surface area contributed by atoms with Crippen molar-refractivity contribution in [3.05, 3.63) is 0 Å². The van der Waals surface area contributed by atoms with E-state index in [0.29, 0.717) is 24.6 Å². The van der Waals surface area contributed by atoms with Crippen LogP contribution in [0.4, 0.5) is 0 Å². The van der Waals surface area contributed by atoms with Gasteiger partial charge in [0.1, 0.15) is 0 Å². The van der Waals surface area contributed by atoms with Crippen molar-refractivity contribution in [2.24, 2.45) is 5.92 Å². The highest BCUT2D eigenvalue weighted by atomic mass is 32.2. The fourth-order valence-corrected chi connectivity index (χ4v) is 6.22. The van der Waals surface area contributed by atoms with Gasteiger partial charge in [-0.2, -0.15) is 0 Å². The molecule has 0 aromatic rings. The molecular weight excluding hydrogens is 288 g/mol. The maximum atomic E-state index is 12.8. The van der Waals surface area contributed by atoms with Gasteiger partial charge in [0.25, 0.3) is 0 Å². The molecule has 0 aromatic carbocycles. The van der Waals surface area contributed by atoms with Crippen LogP contribution in [0.2, 0.25) is 0 Å². The molecule has 1 amide bonds. The van der Waals surface area contributed by atoms with Gasteiger partial charge in [-0.3, -0.25) is 4.79 Å². The molecule has 2 heterocycles. The van der Waals surface area contributed by atoms with Gasteiger partial charge in [0, 0.05) is 12.6 Å². The van der Waals surface area contributed by atoms with Crippen LogP contribution in [0.1, 0.15) is 44.9 Å². The standard InChI is InChI=1S/C15H26N2O3S/c1-16-13-8-7-11-4-2-6-14(11)17(15(13)18)10-12-5-3-9-21(12,19)20/h11-14,16H,2-10H2,1H3. The Bertz CT molecular complexity index is 505. The molecule has 1 N–H and O–H groups in total. The molecule has 6 heteroatoms. The number of nitrogens with zero attached hydrogens (tertiary/aromatic N) is 1. The third-order valence-corrected chi connectivity index (χ3v) is 7.90. The molecule has 0 spiro atoms. The summed E-state index contributed by atoms with van der Waals surface area (Å²) in [5.74, 6) is 0.980. The van der Waals surface area contributed by atoms with Crippen LogP contribution in [0, 0.1) is 5.92 Å². The van der Waals surface area contributed by atoms with Crippen molar-refractivity contribution in [3.8, 4) is 0 Å². The minimum Gasteiger partial charge on any atom is -0.337 e. The first kappa shape index (κ1) is 15.3. The number of likely N-dealkylation sites (tertiary alicyclic amines) is 1. The Labute approximate surface area is 127 Å². The molecule has 2 aliphatic heterocycles. The smallest absolute Gasteiger partial charge is 0.239 e. The fourth-order valence-electron chi connectivity index (χ4n) is 4.41. The third kappa shape index (κ3) is 2.84. The van der Waals surface area contributed by atoms with Crippen LogP contribution in [-0.4, -0.2) is 55.9 Å². The van der Waals surface area contributed by atoms with Gasteiger partial charge in [-0.15, -0.1) is 0 Å². The van der Waals surface area contributed by atoms with Crippen LogP contribution < -0.4 is 5.32 Å². The topological polar surface area (TPSA) is 66.5 Å². The van der Waals surface area contributed by atoms with Crippen LogP contribution in [0.15, 0.2) is 0 Å². The number of hydrogen-bond donors (Lipinski definition) is 1. The normalized spacial score (nSPS) is 39.3. The predicted octanol–water partition coefficient (Wildman–Crippen LogP) is 0.943. The van der Waals surface area contributed by atoms with Crippen LogP contribution in [0.3, 0.4) is 0 Å². The zero-order valence-corrected chi connectivity index (χ0v) is 13.6. The lowest BCUT2D eigenvalue weighted by molar-refractivity contribution is -0.135. The summed E-state index contributed by atoms with van der Waals surface area (Å²) in [5, 5.41) is 2.78. The van der Waals surface area contributed by atoms with Gasteiger partial charge in [-0.25, -0.2) is 8.42 Å². The van der Waals surface area contributed by atoms with E-state index in [4.69, 9.17) is 0 Å². The summed E-state index contributed by atoms with van der Waals surface area (Å²) >= 11 is 0. The van der Waals surface area contributed by atoms with E-state index in [2.05, 4.69) is 5.32 Å². The van der Waals surface area contributed by atoms with Crippen molar-refractivity contribution < 1.29 is 13.2 Å². The zero-order valence-electron chi connectivity index (χ0n) is 12.8. The number of fused-ring (bicyclic) bond motifs is 1. The minimum atomic E-state index is -2.99. The second-order valence-corrected chi connectivity index (χ2v) is 9.20. The van der Waals surface area contributed by atoms with E-state index in [1.807, 2.05) is 11.9 Å². The molecule has 0 radical (unpaired) electrons. The Hall–Kier alpha value is -0.620. The highest BCUT2D eigenvalue weighted by Gasteiger charge is 2.43. The average molecular weight is 314 g/mol. The molecule has 120 valence electrons. The number of nitrogens with one attached hydrogen (secondary N) is 1. The maximum Gasteiger partial charge on any atom is 0.239 e. The molecular formula is C15H26N2O3S. The van der Waals surface area contributed by atoms with E-state index in [9.17, 15) is 13.2 Å². The molecule has 4 unspecified atom stereocenters. The van der Waals surface area contributed by atoms with E-state index < -0.39 is 9.84 Å². The van der Waals surface area contributed by atoms with E-state index in [1.165, 1.54) is 12.8 Å². The van der Waals surface area contributed by atoms with Crippen LogP contribution in [0.25, 0.3) is 0 Å². The van der Waals surface area contributed by atoms with Crippen molar-refractivity contribution in [1.29, 1.82) is 0 Å². The second kappa shape index (κ2) is 5.88. The second-order valence-electron chi connectivity index (χ2n) is 6.80. The third-order valence-electron chi connectivity index (χ3n) is 5.64. The number of carbonyl (C=O) groups is 1. The van der Waals surface area contributed by atoms with Gasteiger partial charge in [-0.1, -0.05) is 6.42 Å². The van der Waals surface area contributed by atoms with Gasteiger partial charge >= 0.3 is 0 Å². The van der Waals surface area contributed by atoms with Crippen LogP contribution >= 0.6 is 0 Å². The summed E-state index contributed by atoms with van der Waals surface area (Å²) in [6.07, 6.45) is 6.81. The molecule has 5 nitrogen and oxygen atoms in total. The molecule has 0 aromatic heterocycles. The summed E-state index contributed by atoms with van der Waals surface area (Å²) in [6, 6.07) is 0.131. The molecule has 3 rings (SSSR count). The number of likely N-dealkylation sites (N-methyl/N-ethyl adjacent to an activating group) is 1. The van der Waals surface area contributed by atoms with Gasteiger partial charge < -0.3 is 10.2 Å². The first-order chi connectivity index (χ1) is 10.0. The number of rotatable bonds is 3. The number of carbonyl (C=O) groups excluding carboxylic acids is 1. The molecule has 0 bridgehead atoms. The fraction of sp³-hybridized carbons (Fsp3) is 0.933. The summed E-state index contributed by atoms with van der Waals surface area (Å²) in [4.78, 5) is 14.7. The molecule has 1 aliphatic carbocycles. The van der Waals surface area contributed by atoms with E-state index >= 15 is 0 Å². The quantitative estimate of drug-likeness (QED) is 0.842. The van der Waals surface area contributed by atoms with Gasteiger partial charge in [0.15, 0.2) is 9.84 Å². The lowest BCUT2D eigenvalue weighted by atomic mass is 9.97. The number of sulfone groups is 1. The highest BCUT2D eigenvalue weighted by molar-refractivity contribution is 7.92. The molecule has 21 heavy (non-hydrogen) atoms. The summed E-state index contributed by atoms with van der Waals surface area (Å²) in [6.45, 7) is 0.417. The zero-order chi connectivity index (χ0) is 15.0. The van der Waals surface area contributed by atoms with Crippen molar-refractivity contribution in [1.82, 2.24) is 10.2 Å². The summed E-state index contributed by atoms with van der Waals surface area (Å²) in [5.41, 5.74) is 0. The van der Waals surface area contributed by atoms with Gasteiger partial charge in [-0.05, 0) is 51.5 Å². The van der Waals surface area contributed by atoms with Crippen molar-refractivity contribution in [2.45, 2.75) is 62.3 Å². The number of amides is 1. The van der Waals surface area contributed by atoms with Crippen LogP contribution in [0.5, 0.6) is 0 Å². The number of hydrogen-bond acceptors (Lipinski definition) is 4. The van der Waals surface area contributed by atoms with E-state index in [-0.39, 0.29) is 23.2 Å². The monoisotopic (exact) mass is 314 g/mol. The molecule has 4 atom stereocenters. The Morgan fingerprint density at radius 3 is 2.62 bits per heavy atom. The lowest BCUT2D eigenvalue weighted by Gasteiger charge is -2.33. The Balaban J connectivity index is 1.82. The summed E-state index contributed by atoms with van der Waals surface area (Å²) < 4.78 is 24.2. The Morgan fingerprint density at radius 1 is 1.14 bits per heavy atom. The summed E-state index contributed by atoms with van der Waals surface area (Å²) in [7, 11) is -1.16. The first-order valence-electron chi connectivity index (χ1n) is 8.22. The van der Waals surface area contributed by atoms with Gasteiger partial charge in [0.2, 0.25) is 5.91 Å². The average Bonchev–Trinajstić information content (AvgIpc) is 3.00. The van der Waals surface area contributed by atoms with Crippen molar-refractivity contribution in [2.75, 3.05) is 19.3 Å². The SMILES string of the molecule is CNC1CCC2CCCC2N(CC2CCCS2(=O)=O)C1=O. The molecule has 2 saturated heterocycles. The molecule has 3 aliphatic rings. The maximum absolute atomic E-state index is 12.8. The van der Waals surface area contributed by atoms with Crippen molar-refractivity contribution >= 4 is 15.7 Å². The van der Waals surface area contributed by atoms with Crippen molar-refractivity contribution in [3.63, 3.8) is 0 Å². The largest absolute Gasteiger partial charge is 0.337 e. The molecule has 1 saturated carbocycles. The lowest BCUT2D eigenvalue weighted by Crippen LogP contribution is -2.51. The predicted molar refractivity (Wildman–Crippen MR) is 81.7 cm³/mol. The minimum absolute atomic E-state index is 0.119. The Morgan fingerprint density at radius 2 is 1.95 bits per heavy atom. The molecule has 3 fully saturated rings. The Kier molecular flexibility index (Phi) is 4.28. The first-order valence-corrected chi connectivity index (χ1v) is 9.94.